The van der Waals surface area contributed by atoms with E-state index >= 15 is 0 Å². The van der Waals surface area contributed by atoms with Gasteiger partial charge in [0.2, 0.25) is 11.7 Å². The van der Waals surface area contributed by atoms with Crippen LogP contribution >= 0.6 is 0 Å². The number of imidazole rings is 1. The van der Waals surface area contributed by atoms with E-state index in [-0.39, 0.29) is 24.2 Å². The average Bonchev–Trinajstić information content (AvgIpc) is 3.07. The Balaban J connectivity index is 1.81. The Bertz CT molecular complexity index is 967. The van der Waals surface area contributed by atoms with Crippen molar-refractivity contribution < 1.29 is 9.53 Å². The van der Waals surface area contributed by atoms with Gasteiger partial charge in [0.05, 0.1) is 17.5 Å². The van der Waals surface area contributed by atoms with Gasteiger partial charge in [-0.2, -0.15) is 0 Å². The number of aromatic nitrogens is 3. The first-order valence-electron chi connectivity index (χ1n) is 9.84. The van der Waals surface area contributed by atoms with Crippen LogP contribution in [0.25, 0.3) is 17.0 Å². The fourth-order valence-corrected chi connectivity index (χ4v) is 3.99. The lowest BCUT2D eigenvalue weighted by molar-refractivity contribution is -0.123. The van der Waals surface area contributed by atoms with Crippen molar-refractivity contribution in [2.24, 2.45) is 5.92 Å². The molecule has 0 bridgehead atoms. The molecule has 1 fully saturated rings. The SMILES string of the molecule is CC(=O)N[C@H]1C[C@@H](C(C)C)O[C@@H](c2c(-c3ccccc3)nc3ncccn23)C1. The smallest absolute Gasteiger partial charge is 0.234 e. The summed E-state index contributed by atoms with van der Waals surface area (Å²) < 4.78 is 8.55. The molecule has 6 nitrogen and oxygen atoms in total. The molecule has 0 unspecified atom stereocenters. The molecule has 1 amide bonds. The minimum absolute atomic E-state index is 0.00347. The molecule has 2 aromatic heterocycles. The van der Waals surface area contributed by atoms with Crippen LogP contribution in [0.2, 0.25) is 0 Å². The highest BCUT2D eigenvalue weighted by molar-refractivity contribution is 5.73. The molecule has 0 radical (unpaired) electrons. The molecule has 1 aliphatic rings. The van der Waals surface area contributed by atoms with Gasteiger partial charge in [-0.15, -0.1) is 0 Å². The summed E-state index contributed by atoms with van der Waals surface area (Å²) in [5, 5.41) is 3.10. The Hall–Kier alpha value is -2.73. The quantitative estimate of drug-likeness (QED) is 0.750. The van der Waals surface area contributed by atoms with Crippen LogP contribution in [0, 0.1) is 5.92 Å². The van der Waals surface area contributed by atoms with Gasteiger partial charge in [-0.05, 0) is 24.8 Å². The monoisotopic (exact) mass is 378 g/mol. The first-order chi connectivity index (χ1) is 13.5. The second-order valence-electron chi connectivity index (χ2n) is 7.78. The minimum atomic E-state index is -0.174. The molecular weight excluding hydrogens is 352 g/mol. The third-order valence-electron chi connectivity index (χ3n) is 5.30. The molecule has 6 heteroatoms. The molecule has 3 atom stereocenters. The molecular formula is C22H26N4O2. The average molecular weight is 378 g/mol. The van der Waals surface area contributed by atoms with E-state index in [9.17, 15) is 4.79 Å². The molecule has 1 aromatic carbocycles. The zero-order valence-corrected chi connectivity index (χ0v) is 16.5. The first-order valence-corrected chi connectivity index (χ1v) is 9.84. The van der Waals surface area contributed by atoms with E-state index in [0.29, 0.717) is 18.1 Å². The Morgan fingerprint density at radius 1 is 1.21 bits per heavy atom. The summed E-state index contributed by atoms with van der Waals surface area (Å²) in [5.41, 5.74) is 2.92. The number of rotatable bonds is 4. The zero-order chi connectivity index (χ0) is 19.7. The summed E-state index contributed by atoms with van der Waals surface area (Å²) in [4.78, 5) is 20.9. The topological polar surface area (TPSA) is 68.5 Å². The lowest BCUT2D eigenvalue weighted by Gasteiger charge is -2.37. The summed E-state index contributed by atoms with van der Waals surface area (Å²) in [5.74, 6) is 1.01. The lowest BCUT2D eigenvalue weighted by Crippen LogP contribution is -2.44. The third-order valence-corrected chi connectivity index (χ3v) is 5.30. The molecule has 0 spiro atoms. The van der Waals surface area contributed by atoms with Gasteiger partial charge in [0.25, 0.3) is 0 Å². The van der Waals surface area contributed by atoms with E-state index in [1.807, 2.05) is 34.9 Å². The van der Waals surface area contributed by atoms with Crippen LogP contribution < -0.4 is 5.32 Å². The second kappa shape index (κ2) is 7.72. The summed E-state index contributed by atoms with van der Waals surface area (Å²) in [6, 6.07) is 12.1. The maximum atomic E-state index is 11.7. The van der Waals surface area contributed by atoms with Gasteiger partial charge in [0, 0.05) is 30.9 Å². The van der Waals surface area contributed by atoms with E-state index in [1.165, 1.54) is 0 Å². The molecule has 0 saturated carbocycles. The molecule has 4 rings (SSSR count). The number of hydrogen-bond acceptors (Lipinski definition) is 4. The van der Waals surface area contributed by atoms with Gasteiger partial charge in [0.1, 0.15) is 6.10 Å². The zero-order valence-electron chi connectivity index (χ0n) is 16.5. The summed E-state index contributed by atoms with van der Waals surface area (Å²) in [7, 11) is 0. The predicted octanol–water partition coefficient (Wildman–Crippen LogP) is 3.78. The van der Waals surface area contributed by atoms with Gasteiger partial charge in [-0.3, -0.25) is 9.20 Å². The lowest BCUT2D eigenvalue weighted by atomic mass is 9.90. The number of carbonyl (C=O) groups excluding carboxylic acids is 1. The van der Waals surface area contributed by atoms with E-state index < -0.39 is 0 Å². The highest BCUT2D eigenvalue weighted by atomic mass is 16.5. The van der Waals surface area contributed by atoms with Crippen LogP contribution in [-0.2, 0) is 9.53 Å². The van der Waals surface area contributed by atoms with Crippen LogP contribution in [0.1, 0.15) is 45.4 Å². The van der Waals surface area contributed by atoms with Crippen molar-refractivity contribution >= 4 is 11.7 Å². The van der Waals surface area contributed by atoms with E-state index in [4.69, 9.17) is 9.72 Å². The van der Waals surface area contributed by atoms with Crippen LogP contribution in [0.4, 0.5) is 0 Å². The van der Waals surface area contributed by atoms with E-state index in [1.54, 1.807) is 13.1 Å². The molecule has 3 heterocycles. The number of nitrogens with one attached hydrogen (secondary N) is 1. The van der Waals surface area contributed by atoms with Crippen molar-refractivity contribution in [2.45, 2.75) is 51.9 Å². The van der Waals surface area contributed by atoms with Crippen molar-refractivity contribution in [1.82, 2.24) is 19.7 Å². The van der Waals surface area contributed by atoms with E-state index in [0.717, 1.165) is 23.4 Å². The van der Waals surface area contributed by atoms with Crippen molar-refractivity contribution in [2.75, 3.05) is 0 Å². The standard InChI is InChI=1S/C22H26N4O2/c1-14(2)18-12-17(24-15(3)27)13-19(28-18)21-20(16-8-5-4-6-9-16)25-22-23-10-7-11-26(21)22/h4-11,14,17-19H,12-13H2,1-3H3,(H,24,27)/t17-,18-,19+/m0/s1. The van der Waals surface area contributed by atoms with Crippen LogP contribution in [0.3, 0.4) is 0 Å². The predicted molar refractivity (Wildman–Crippen MR) is 108 cm³/mol. The molecule has 1 saturated heterocycles. The Kier molecular flexibility index (Phi) is 5.13. The summed E-state index contributed by atoms with van der Waals surface area (Å²) >= 11 is 0. The Labute approximate surface area is 165 Å². The van der Waals surface area contributed by atoms with Gasteiger partial charge >= 0.3 is 0 Å². The van der Waals surface area contributed by atoms with Crippen molar-refractivity contribution in [3.8, 4) is 11.3 Å². The van der Waals surface area contributed by atoms with Crippen molar-refractivity contribution in [3.63, 3.8) is 0 Å². The molecule has 0 aliphatic carbocycles. The van der Waals surface area contributed by atoms with Gasteiger partial charge < -0.3 is 10.1 Å². The Morgan fingerprint density at radius 2 is 2.00 bits per heavy atom. The number of fused-ring (bicyclic) bond motifs is 1. The highest BCUT2D eigenvalue weighted by Crippen LogP contribution is 2.38. The van der Waals surface area contributed by atoms with Gasteiger partial charge in [-0.1, -0.05) is 44.2 Å². The molecule has 1 aliphatic heterocycles. The second-order valence-corrected chi connectivity index (χ2v) is 7.78. The molecule has 146 valence electrons. The number of hydrogen-bond donors (Lipinski definition) is 1. The number of carbonyl (C=O) groups is 1. The minimum Gasteiger partial charge on any atom is -0.368 e. The van der Waals surface area contributed by atoms with Crippen LogP contribution in [-0.4, -0.2) is 32.4 Å². The van der Waals surface area contributed by atoms with Crippen molar-refractivity contribution in [3.05, 3.63) is 54.5 Å². The molecule has 1 N–H and O–H groups in total. The normalized spacial score (nSPS) is 22.5. The third kappa shape index (κ3) is 3.64. The maximum Gasteiger partial charge on any atom is 0.234 e. The molecule has 3 aromatic rings. The number of amides is 1. The number of nitrogens with zero attached hydrogens (tertiary/aromatic N) is 3. The molecule has 28 heavy (non-hydrogen) atoms. The Morgan fingerprint density at radius 3 is 2.71 bits per heavy atom. The fraction of sp³-hybridized carbons (Fsp3) is 0.409. The number of benzene rings is 1. The summed E-state index contributed by atoms with van der Waals surface area (Å²) in [6.07, 6.45) is 5.16. The first kappa shape index (κ1) is 18.6. The number of ether oxygens (including phenoxy) is 1. The van der Waals surface area contributed by atoms with Crippen molar-refractivity contribution in [1.29, 1.82) is 0 Å². The van der Waals surface area contributed by atoms with Crippen LogP contribution in [0.5, 0.6) is 0 Å². The highest BCUT2D eigenvalue weighted by Gasteiger charge is 2.35. The van der Waals surface area contributed by atoms with E-state index in [2.05, 4.69) is 36.3 Å². The van der Waals surface area contributed by atoms with Gasteiger partial charge in [0.15, 0.2) is 0 Å². The van der Waals surface area contributed by atoms with Gasteiger partial charge in [-0.25, -0.2) is 9.97 Å². The van der Waals surface area contributed by atoms with Crippen LogP contribution in [0.15, 0.2) is 48.8 Å². The fourth-order valence-electron chi connectivity index (χ4n) is 3.99. The largest absolute Gasteiger partial charge is 0.368 e. The summed E-state index contributed by atoms with van der Waals surface area (Å²) in [6.45, 7) is 5.89. The maximum absolute atomic E-state index is 11.7.